The molecule has 0 aliphatic heterocycles. The summed E-state index contributed by atoms with van der Waals surface area (Å²) >= 11 is 0. The first-order valence-electron chi connectivity index (χ1n) is 32.2. The largest absolute Gasteiger partial charge is 0.472 e. The zero-order valence-corrected chi connectivity index (χ0v) is 51.2. The van der Waals surface area contributed by atoms with E-state index >= 15 is 0 Å². The zero-order chi connectivity index (χ0) is 54.9. The number of carbonyl (C=O) groups excluding carboxylic acids is 1. The van der Waals surface area contributed by atoms with Crippen molar-refractivity contribution in [3.05, 3.63) is 60.8 Å². The molecule has 3 N–H and O–H groups in total. The number of nitrogens with one attached hydrogen (secondary N) is 1. The molecule has 440 valence electrons. The number of rotatable bonds is 59. The fourth-order valence-electron chi connectivity index (χ4n) is 9.55. The van der Waals surface area contributed by atoms with Gasteiger partial charge in [0.15, 0.2) is 0 Å². The average Bonchev–Trinajstić information content (AvgIpc) is 3.37. The first-order chi connectivity index (χ1) is 36.5. The minimum Gasteiger partial charge on any atom is -0.391 e. The lowest BCUT2D eigenvalue weighted by Crippen LogP contribution is -2.46. The summed E-state index contributed by atoms with van der Waals surface area (Å²) in [7, 11) is 1.62. The maximum absolute atomic E-state index is 13.0. The van der Waals surface area contributed by atoms with E-state index in [1.54, 1.807) is 0 Å². The van der Waals surface area contributed by atoms with Gasteiger partial charge in [-0.05, 0) is 57.8 Å². The van der Waals surface area contributed by atoms with Crippen LogP contribution in [0.25, 0.3) is 0 Å². The molecule has 0 radical (unpaired) electrons. The third-order valence-corrected chi connectivity index (χ3v) is 15.5. The van der Waals surface area contributed by atoms with E-state index < -0.39 is 20.0 Å². The summed E-state index contributed by atoms with van der Waals surface area (Å²) in [6.07, 6.45) is 77.2. The molecular weight excluding hydrogens is 948 g/mol. The number of amides is 1. The first-order valence-corrected chi connectivity index (χ1v) is 33.6. The molecule has 0 aromatic heterocycles. The number of carbonyl (C=O) groups is 1. The number of unbranched alkanes of at least 4 members (excludes halogenated alkanes) is 36. The summed E-state index contributed by atoms with van der Waals surface area (Å²) in [6, 6.07) is -0.765. The van der Waals surface area contributed by atoms with Gasteiger partial charge in [0.1, 0.15) is 13.2 Å². The summed E-state index contributed by atoms with van der Waals surface area (Å²) < 4.78 is 23.9. The van der Waals surface area contributed by atoms with Gasteiger partial charge in [0.2, 0.25) is 5.91 Å². The molecule has 1 amide bonds. The Morgan fingerprint density at radius 2 is 0.800 bits per heavy atom. The lowest BCUT2D eigenvalue weighted by Gasteiger charge is -2.26. The van der Waals surface area contributed by atoms with Gasteiger partial charge in [0, 0.05) is 6.42 Å². The normalized spacial score (nSPS) is 14.2. The molecular formula is C66H126N2O6P+. The van der Waals surface area contributed by atoms with E-state index in [1.165, 1.54) is 205 Å². The molecule has 3 unspecified atom stereocenters. The van der Waals surface area contributed by atoms with E-state index in [-0.39, 0.29) is 19.1 Å². The molecule has 0 saturated carbocycles. The number of quaternary nitrogens is 1. The van der Waals surface area contributed by atoms with Crippen LogP contribution in [0, 0.1) is 0 Å². The van der Waals surface area contributed by atoms with E-state index in [9.17, 15) is 19.4 Å². The molecule has 3 atom stereocenters. The second-order valence-corrected chi connectivity index (χ2v) is 24.6. The summed E-state index contributed by atoms with van der Waals surface area (Å²) in [4.78, 5) is 23.4. The van der Waals surface area contributed by atoms with Crippen LogP contribution in [0.5, 0.6) is 0 Å². The van der Waals surface area contributed by atoms with Crippen LogP contribution in [-0.2, 0) is 18.4 Å². The Kier molecular flexibility index (Phi) is 55.5. The minimum absolute atomic E-state index is 0.0737. The van der Waals surface area contributed by atoms with Crippen molar-refractivity contribution < 1.29 is 32.9 Å². The second kappa shape index (κ2) is 56.9. The highest BCUT2D eigenvalue weighted by Gasteiger charge is 2.28. The van der Waals surface area contributed by atoms with Gasteiger partial charge in [0.05, 0.1) is 39.9 Å². The maximum atomic E-state index is 13.0. The molecule has 0 aliphatic carbocycles. The van der Waals surface area contributed by atoms with Crippen LogP contribution in [-0.4, -0.2) is 73.4 Å². The number of aliphatic hydroxyl groups excluding tert-OH is 1. The minimum atomic E-state index is -4.33. The monoisotopic (exact) mass is 1070 g/mol. The Bertz CT molecular complexity index is 1400. The zero-order valence-electron chi connectivity index (χ0n) is 50.3. The van der Waals surface area contributed by atoms with Crippen molar-refractivity contribution in [1.29, 1.82) is 0 Å². The number of hydrogen-bond acceptors (Lipinski definition) is 5. The van der Waals surface area contributed by atoms with Gasteiger partial charge in [-0.1, -0.05) is 299 Å². The third-order valence-electron chi connectivity index (χ3n) is 14.5. The molecule has 0 aliphatic rings. The Morgan fingerprint density at radius 3 is 1.17 bits per heavy atom. The number of phosphoric acid groups is 1. The molecule has 0 rings (SSSR count). The Morgan fingerprint density at radius 1 is 0.467 bits per heavy atom. The Balaban J connectivity index is 4.10. The first kappa shape index (κ1) is 73.2. The number of likely N-dealkylation sites (N-methyl/N-ethyl adjacent to an activating group) is 1. The van der Waals surface area contributed by atoms with Crippen LogP contribution >= 0.6 is 7.82 Å². The van der Waals surface area contributed by atoms with Crippen LogP contribution in [0.2, 0.25) is 0 Å². The van der Waals surface area contributed by atoms with Crippen molar-refractivity contribution >= 4 is 13.7 Å². The standard InChI is InChI=1S/C66H125N2O6P/c1-6-8-10-12-14-16-18-20-22-24-26-28-30-32-33-34-35-36-38-40-42-44-46-48-50-52-54-56-58-60-66(70)67-64(63-74-75(71,72)73-62-61-68(3,4)5)65(69)59-57-55-53-51-49-47-45-43-41-39-37-31-29-27-25-23-21-19-17-15-13-11-9-7-2/h8,10,14,16,20,22,26,28,32-33,64-65,69H,6-7,9,11-13,15,17-19,21,23-25,27,29-31,34-63H2,1-5H3,(H-,67,70,71,72)/p+1/b10-8-,16-14-,22-20-,28-26-,33-32-. The fourth-order valence-corrected chi connectivity index (χ4v) is 10.3. The SMILES string of the molecule is CC/C=C\C/C=C\C/C=C\C/C=C\C/C=C\CCCCCCCCCCCCCCCC(=O)NC(COP(=O)(O)OCC[N+](C)(C)C)C(O)CCCCCCCCCCCCCCCCCCCCCCCCCC. The molecule has 0 saturated heterocycles. The smallest absolute Gasteiger partial charge is 0.391 e. The lowest BCUT2D eigenvalue weighted by atomic mass is 10.0. The fraction of sp³-hybridized carbons (Fsp3) is 0.833. The molecule has 0 aromatic carbocycles. The highest BCUT2D eigenvalue weighted by Crippen LogP contribution is 2.43. The molecule has 0 spiro atoms. The number of allylic oxidation sites excluding steroid dienone is 10. The molecule has 0 aromatic rings. The van der Waals surface area contributed by atoms with Crippen LogP contribution in [0.3, 0.4) is 0 Å². The van der Waals surface area contributed by atoms with Crippen molar-refractivity contribution in [2.45, 2.75) is 315 Å². The van der Waals surface area contributed by atoms with Crippen LogP contribution < -0.4 is 5.32 Å². The molecule has 0 heterocycles. The second-order valence-electron chi connectivity index (χ2n) is 23.1. The van der Waals surface area contributed by atoms with E-state index in [0.29, 0.717) is 23.9 Å². The summed E-state index contributed by atoms with van der Waals surface area (Å²) in [6.45, 7) is 4.81. The van der Waals surface area contributed by atoms with Crippen LogP contribution in [0.1, 0.15) is 303 Å². The molecule has 8 nitrogen and oxygen atoms in total. The predicted molar refractivity (Wildman–Crippen MR) is 327 cm³/mol. The molecule has 9 heteroatoms. The van der Waals surface area contributed by atoms with Crippen molar-refractivity contribution in [3.63, 3.8) is 0 Å². The third kappa shape index (κ3) is 59.7. The average molecular weight is 1070 g/mol. The Labute approximate surface area is 466 Å². The lowest BCUT2D eigenvalue weighted by molar-refractivity contribution is -0.870. The van der Waals surface area contributed by atoms with Crippen molar-refractivity contribution in [3.8, 4) is 0 Å². The summed E-state index contributed by atoms with van der Waals surface area (Å²) in [5, 5.41) is 14.1. The van der Waals surface area contributed by atoms with Crippen molar-refractivity contribution in [2.75, 3.05) is 40.9 Å². The van der Waals surface area contributed by atoms with Gasteiger partial charge in [-0.3, -0.25) is 13.8 Å². The van der Waals surface area contributed by atoms with Crippen molar-refractivity contribution in [1.82, 2.24) is 5.32 Å². The van der Waals surface area contributed by atoms with E-state index in [1.807, 2.05) is 21.1 Å². The molecule has 0 fully saturated rings. The maximum Gasteiger partial charge on any atom is 0.472 e. The van der Waals surface area contributed by atoms with Crippen LogP contribution in [0.15, 0.2) is 60.8 Å². The van der Waals surface area contributed by atoms with Gasteiger partial charge in [0.25, 0.3) is 0 Å². The molecule has 75 heavy (non-hydrogen) atoms. The number of phosphoric ester groups is 1. The molecule has 0 bridgehead atoms. The summed E-state index contributed by atoms with van der Waals surface area (Å²) in [5.74, 6) is -0.143. The summed E-state index contributed by atoms with van der Waals surface area (Å²) in [5.41, 5.74) is 0. The highest BCUT2D eigenvalue weighted by molar-refractivity contribution is 7.47. The van der Waals surface area contributed by atoms with Gasteiger partial charge < -0.3 is 19.8 Å². The van der Waals surface area contributed by atoms with Gasteiger partial charge in [-0.25, -0.2) is 4.57 Å². The van der Waals surface area contributed by atoms with Gasteiger partial charge in [-0.2, -0.15) is 0 Å². The predicted octanol–water partition coefficient (Wildman–Crippen LogP) is 20.0. The van der Waals surface area contributed by atoms with E-state index in [2.05, 4.69) is 79.9 Å². The van der Waals surface area contributed by atoms with Gasteiger partial charge >= 0.3 is 7.82 Å². The Hall–Kier alpha value is -1.80. The highest BCUT2D eigenvalue weighted by atomic mass is 31.2. The topological polar surface area (TPSA) is 105 Å². The van der Waals surface area contributed by atoms with Gasteiger partial charge in [-0.15, -0.1) is 0 Å². The quantitative estimate of drug-likeness (QED) is 0.0243. The van der Waals surface area contributed by atoms with E-state index in [4.69, 9.17) is 9.05 Å². The van der Waals surface area contributed by atoms with Crippen LogP contribution in [0.4, 0.5) is 0 Å². The number of hydrogen-bond donors (Lipinski definition) is 3. The van der Waals surface area contributed by atoms with Crippen molar-refractivity contribution in [2.24, 2.45) is 0 Å². The van der Waals surface area contributed by atoms with E-state index in [0.717, 1.165) is 70.6 Å². The number of nitrogens with zero attached hydrogens (tertiary/aromatic N) is 1. The number of aliphatic hydroxyl groups is 1.